The lowest BCUT2D eigenvalue weighted by Gasteiger charge is -2.24. The van der Waals surface area contributed by atoms with Gasteiger partial charge in [-0.2, -0.15) is 0 Å². The molecule has 3 atom stereocenters. The van der Waals surface area contributed by atoms with E-state index in [1.165, 1.54) is 109 Å². The van der Waals surface area contributed by atoms with E-state index in [9.17, 15) is 19.8 Å². The molecule has 0 radical (unpaired) electrons. The molecule has 6 nitrogen and oxygen atoms in total. The van der Waals surface area contributed by atoms with Crippen molar-refractivity contribution in [3.8, 4) is 0 Å². The summed E-state index contributed by atoms with van der Waals surface area (Å²) in [6, 6.07) is -0.709. The number of hydrogen-bond donors (Lipinski definition) is 3. The van der Waals surface area contributed by atoms with Gasteiger partial charge in [-0.3, -0.25) is 9.59 Å². The lowest BCUT2D eigenvalue weighted by atomic mass is 10.0. The molecule has 0 bridgehead atoms. The number of amides is 1. The van der Waals surface area contributed by atoms with Crippen LogP contribution >= 0.6 is 0 Å². The smallest absolute Gasteiger partial charge is 0.306 e. The zero-order valence-electron chi connectivity index (χ0n) is 39.6. The van der Waals surface area contributed by atoms with Crippen LogP contribution in [0.1, 0.15) is 245 Å². The fourth-order valence-corrected chi connectivity index (χ4v) is 7.52. The second-order valence-corrected chi connectivity index (χ2v) is 17.2. The zero-order chi connectivity index (χ0) is 43.8. The zero-order valence-corrected chi connectivity index (χ0v) is 39.6. The molecule has 1 amide bonds. The van der Waals surface area contributed by atoms with E-state index in [1.54, 1.807) is 0 Å². The van der Waals surface area contributed by atoms with Crippen molar-refractivity contribution in [3.63, 3.8) is 0 Å². The van der Waals surface area contributed by atoms with Crippen molar-refractivity contribution in [1.82, 2.24) is 5.32 Å². The van der Waals surface area contributed by atoms with Gasteiger partial charge < -0.3 is 20.3 Å². The fraction of sp³-hybridized carbons (Fsp3) is 0.778. The summed E-state index contributed by atoms with van der Waals surface area (Å²) >= 11 is 0. The quantitative estimate of drug-likeness (QED) is 0.0246. The molecule has 0 aliphatic heterocycles. The Balaban J connectivity index is 4.54. The molecule has 3 N–H and O–H groups in total. The normalized spacial score (nSPS) is 13.8. The highest BCUT2D eigenvalue weighted by Crippen LogP contribution is 2.18. The number of ether oxygens (including phenoxy) is 1. The number of hydrogen-bond acceptors (Lipinski definition) is 5. The monoisotopic (exact) mass is 840 g/mol. The minimum atomic E-state index is -0.793. The summed E-state index contributed by atoms with van der Waals surface area (Å²) in [5.41, 5.74) is 0. The first-order valence-electron chi connectivity index (χ1n) is 25.5. The van der Waals surface area contributed by atoms with Crippen LogP contribution in [-0.4, -0.2) is 46.9 Å². The van der Waals surface area contributed by atoms with Crippen LogP contribution in [0, 0.1) is 0 Å². The highest BCUT2D eigenvalue weighted by atomic mass is 16.5. The summed E-state index contributed by atoms with van der Waals surface area (Å²) in [4.78, 5) is 26.1. The Bertz CT molecular complexity index is 1080. The molecule has 0 aliphatic rings. The number of rotatable bonds is 45. The second-order valence-electron chi connectivity index (χ2n) is 17.2. The molecule has 0 saturated heterocycles. The third-order valence-electron chi connectivity index (χ3n) is 11.4. The average molecular weight is 840 g/mol. The number of aliphatic hydroxyl groups is 2. The first-order valence-corrected chi connectivity index (χ1v) is 25.5. The first kappa shape index (κ1) is 57.6. The van der Waals surface area contributed by atoms with Crippen LogP contribution < -0.4 is 5.32 Å². The lowest BCUT2D eigenvalue weighted by Crippen LogP contribution is -2.46. The average Bonchev–Trinajstić information content (AvgIpc) is 3.24. The maximum Gasteiger partial charge on any atom is 0.306 e. The molecule has 60 heavy (non-hydrogen) atoms. The molecule has 0 aliphatic carbocycles. The molecule has 0 rings (SSSR count). The van der Waals surface area contributed by atoms with Gasteiger partial charge in [-0.05, 0) is 77.0 Å². The van der Waals surface area contributed by atoms with Gasteiger partial charge in [0.2, 0.25) is 5.91 Å². The summed E-state index contributed by atoms with van der Waals surface area (Å²) in [5.74, 6) is -0.499. The number of aliphatic hydroxyl groups excluding tert-OH is 2. The summed E-state index contributed by atoms with van der Waals surface area (Å²) in [6.45, 7) is 6.30. The van der Waals surface area contributed by atoms with E-state index in [4.69, 9.17) is 4.74 Å². The van der Waals surface area contributed by atoms with E-state index < -0.39 is 18.2 Å². The van der Waals surface area contributed by atoms with Crippen LogP contribution in [0.2, 0.25) is 0 Å². The van der Waals surface area contributed by atoms with Crippen molar-refractivity contribution in [2.24, 2.45) is 0 Å². The van der Waals surface area contributed by atoms with E-state index in [0.29, 0.717) is 19.3 Å². The van der Waals surface area contributed by atoms with Crippen molar-refractivity contribution in [1.29, 1.82) is 0 Å². The molecule has 6 heteroatoms. The van der Waals surface area contributed by atoms with Crippen LogP contribution in [-0.2, 0) is 14.3 Å². The van der Waals surface area contributed by atoms with Crippen molar-refractivity contribution in [3.05, 3.63) is 60.8 Å². The Morgan fingerprint density at radius 3 is 1.52 bits per heavy atom. The molecular weight excluding hydrogens is 743 g/mol. The Morgan fingerprint density at radius 1 is 0.517 bits per heavy atom. The van der Waals surface area contributed by atoms with Crippen LogP contribution in [0.25, 0.3) is 0 Å². The van der Waals surface area contributed by atoms with Gasteiger partial charge in [-0.25, -0.2) is 0 Å². The summed E-state index contributed by atoms with van der Waals surface area (Å²) in [7, 11) is 0. The molecule has 3 unspecified atom stereocenters. The van der Waals surface area contributed by atoms with Gasteiger partial charge in [0.25, 0.3) is 0 Å². The molecule has 0 fully saturated rings. The Labute approximate surface area is 371 Å². The molecule has 0 aromatic heterocycles. The Hall–Kier alpha value is -2.44. The number of esters is 1. The van der Waals surface area contributed by atoms with Crippen molar-refractivity contribution >= 4 is 11.9 Å². The van der Waals surface area contributed by atoms with Gasteiger partial charge in [0.1, 0.15) is 6.10 Å². The molecule has 0 heterocycles. The van der Waals surface area contributed by atoms with Gasteiger partial charge in [0.05, 0.1) is 25.2 Å². The van der Waals surface area contributed by atoms with E-state index in [-0.39, 0.29) is 24.9 Å². The van der Waals surface area contributed by atoms with E-state index >= 15 is 0 Å². The van der Waals surface area contributed by atoms with Gasteiger partial charge in [0, 0.05) is 6.42 Å². The third kappa shape index (κ3) is 42.3. The Morgan fingerprint density at radius 2 is 0.967 bits per heavy atom. The predicted molar refractivity (Wildman–Crippen MR) is 259 cm³/mol. The van der Waals surface area contributed by atoms with E-state index in [0.717, 1.165) is 89.9 Å². The van der Waals surface area contributed by atoms with E-state index in [1.807, 2.05) is 0 Å². The first-order chi connectivity index (χ1) is 29.5. The standard InChI is InChI=1S/C54H97NO5/c1-4-7-10-13-16-19-21-23-24-25-26-27-28-30-32-35-38-41-44-47-54(59)60-50(45-42-39-36-34-31-29-22-20-17-14-11-8-5-2)48-53(58)55-51(49-56)52(57)46-43-40-37-33-18-15-12-9-6-3/h8,11,14,16-17,19-20,22-24,50-52,56-57H,4-7,9-10,12-13,15,18,21,25-49H2,1-3H3,(H,55,58)/b11-8+,17-14+,19-16-,22-20+,24-23-. The second kappa shape index (κ2) is 47.6. The van der Waals surface area contributed by atoms with Gasteiger partial charge in [-0.1, -0.05) is 216 Å². The molecule has 348 valence electrons. The van der Waals surface area contributed by atoms with Crippen LogP contribution in [0.3, 0.4) is 0 Å². The van der Waals surface area contributed by atoms with Gasteiger partial charge >= 0.3 is 5.97 Å². The topological polar surface area (TPSA) is 95.9 Å². The molecular formula is C54H97NO5. The third-order valence-corrected chi connectivity index (χ3v) is 11.4. The predicted octanol–water partition coefficient (Wildman–Crippen LogP) is 15.2. The van der Waals surface area contributed by atoms with Crippen LogP contribution in [0.5, 0.6) is 0 Å². The van der Waals surface area contributed by atoms with Crippen LogP contribution in [0.4, 0.5) is 0 Å². The fourth-order valence-electron chi connectivity index (χ4n) is 7.52. The molecule has 0 aromatic rings. The SMILES string of the molecule is CC/C=C/C=C/C=C/CCCCCCCC(CC(=O)NC(CO)C(O)CCCCCCCCCCC)OC(=O)CCCCCCCCCCC/C=C\C/C=C\CCCCC. The molecule has 0 aromatic carbocycles. The van der Waals surface area contributed by atoms with Crippen molar-refractivity contribution in [2.45, 2.75) is 264 Å². The van der Waals surface area contributed by atoms with Gasteiger partial charge in [0.15, 0.2) is 0 Å². The minimum absolute atomic E-state index is 0.0611. The number of unbranched alkanes of at least 4 members (excludes halogenated alkanes) is 25. The summed E-state index contributed by atoms with van der Waals surface area (Å²) in [6.07, 6.45) is 58.6. The molecule has 0 spiro atoms. The highest BCUT2D eigenvalue weighted by Gasteiger charge is 2.24. The minimum Gasteiger partial charge on any atom is -0.462 e. The Kier molecular flexibility index (Phi) is 45.7. The lowest BCUT2D eigenvalue weighted by molar-refractivity contribution is -0.151. The number of allylic oxidation sites excluding steroid dienone is 10. The maximum atomic E-state index is 13.2. The van der Waals surface area contributed by atoms with Crippen molar-refractivity contribution < 1.29 is 24.5 Å². The number of carbonyl (C=O) groups excluding carboxylic acids is 2. The van der Waals surface area contributed by atoms with E-state index in [2.05, 4.69) is 86.8 Å². The number of nitrogens with one attached hydrogen (secondary N) is 1. The maximum absolute atomic E-state index is 13.2. The largest absolute Gasteiger partial charge is 0.462 e. The highest BCUT2D eigenvalue weighted by molar-refractivity contribution is 5.77. The van der Waals surface area contributed by atoms with Crippen molar-refractivity contribution in [2.75, 3.05) is 6.61 Å². The van der Waals surface area contributed by atoms with Gasteiger partial charge in [-0.15, -0.1) is 0 Å². The molecule has 0 saturated carbocycles. The summed E-state index contributed by atoms with van der Waals surface area (Å²) < 4.78 is 5.92. The summed E-state index contributed by atoms with van der Waals surface area (Å²) in [5, 5.41) is 23.7. The number of carbonyl (C=O) groups is 2. The van der Waals surface area contributed by atoms with Crippen LogP contribution in [0.15, 0.2) is 60.8 Å².